The van der Waals surface area contributed by atoms with Crippen LogP contribution in [0.1, 0.15) is 16.7 Å². The van der Waals surface area contributed by atoms with Gasteiger partial charge in [-0.3, -0.25) is 4.90 Å². The van der Waals surface area contributed by atoms with Crippen molar-refractivity contribution in [2.24, 2.45) is 0 Å². The van der Waals surface area contributed by atoms with Gasteiger partial charge in [0.2, 0.25) is 0 Å². The number of benzene rings is 2. The van der Waals surface area contributed by atoms with Crippen molar-refractivity contribution < 1.29 is 9.84 Å². The molecular formula is C21H28N2O2. The maximum absolute atomic E-state index is 8.93. The second-order valence-electron chi connectivity index (χ2n) is 6.56. The number of hydrogen-bond donors (Lipinski definition) is 2. The third-order valence-electron chi connectivity index (χ3n) is 4.62. The largest absolute Gasteiger partial charge is 0.493 e. The van der Waals surface area contributed by atoms with Gasteiger partial charge in [0.1, 0.15) is 5.75 Å². The van der Waals surface area contributed by atoms with E-state index in [4.69, 9.17) is 9.84 Å². The van der Waals surface area contributed by atoms with E-state index in [9.17, 15) is 0 Å². The average molecular weight is 340 g/mol. The lowest BCUT2D eigenvalue weighted by Crippen LogP contribution is -2.42. The highest BCUT2D eigenvalue weighted by molar-refractivity contribution is 5.28. The molecule has 1 aliphatic rings. The van der Waals surface area contributed by atoms with Crippen LogP contribution in [-0.4, -0.2) is 49.4 Å². The summed E-state index contributed by atoms with van der Waals surface area (Å²) in [5.41, 5.74) is 3.82. The topological polar surface area (TPSA) is 44.7 Å². The highest BCUT2D eigenvalue weighted by Gasteiger charge is 2.09. The molecule has 134 valence electrons. The summed E-state index contributed by atoms with van der Waals surface area (Å²) in [6.45, 7) is 6.35. The Bertz CT molecular complexity index is 619. The first kappa shape index (κ1) is 17.9. The lowest BCUT2D eigenvalue weighted by atomic mass is 10.1. The van der Waals surface area contributed by atoms with Crippen molar-refractivity contribution in [3.05, 3.63) is 65.2 Å². The number of ether oxygens (including phenoxy) is 1. The van der Waals surface area contributed by atoms with Crippen molar-refractivity contribution in [1.82, 2.24) is 10.2 Å². The molecule has 0 radical (unpaired) electrons. The number of nitrogens with one attached hydrogen (secondary N) is 1. The van der Waals surface area contributed by atoms with Gasteiger partial charge in [-0.1, -0.05) is 36.4 Å². The molecular weight excluding hydrogens is 312 g/mol. The minimum absolute atomic E-state index is 0.185. The van der Waals surface area contributed by atoms with Crippen LogP contribution < -0.4 is 10.1 Å². The fourth-order valence-corrected chi connectivity index (χ4v) is 3.11. The first-order chi connectivity index (χ1) is 12.3. The molecule has 1 fully saturated rings. The van der Waals surface area contributed by atoms with Crippen molar-refractivity contribution in [2.45, 2.75) is 19.4 Å². The molecule has 2 aromatic rings. The molecule has 2 N–H and O–H groups in total. The van der Waals surface area contributed by atoms with Gasteiger partial charge in [-0.15, -0.1) is 0 Å². The minimum atomic E-state index is 0.185. The smallest absolute Gasteiger partial charge is 0.119 e. The highest BCUT2D eigenvalue weighted by Crippen LogP contribution is 2.14. The molecule has 0 atom stereocenters. The highest BCUT2D eigenvalue weighted by atomic mass is 16.5. The van der Waals surface area contributed by atoms with Crippen LogP contribution in [0.25, 0.3) is 0 Å². The van der Waals surface area contributed by atoms with E-state index in [1.54, 1.807) is 0 Å². The Morgan fingerprint density at radius 2 is 1.44 bits per heavy atom. The standard InChI is InChI=1S/C21H28N2O2/c24-15-9-18-5-7-21(8-6-18)25-16-10-19-1-3-20(4-2-19)17-23-13-11-22-12-14-23/h1-8,22,24H,9-17H2. The van der Waals surface area contributed by atoms with E-state index in [-0.39, 0.29) is 6.61 Å². The molecule has 1 heterocycles. The fraction of sp³-hybridized carbons (Fsp3) is 0.429. The van der Waals surface area contributed by atoms with Crippen LogP contribution in [-0.2, 0) is 19.4 Å². The first-order valence-electron chi connectivity index (χ1n) is 9.17. The Morgan fingerprint density at radius 1 is 0.840 bits per heavy atom. The predicted molar refractivity (Wildman–Crippen MR) is 101 cm³/mol. The monoisotopic (exact) mass is 340 g/mol. The third-order valence-corrected chi connectivity index (χ3v) is 4.62. The number of rotatable bonds is 8. The van der Waals surface area contributed by atoms with Crippen molar-refractivity contribution in [3.63, 3.8) is 0 Å². The van der Waals surface area contributed by atoms with Crippen LogP contribution in [0.4, 0.5) is 0 Å². The van der Waals surface area contributed by atoms with Crippen molar-refractivity contribution >= 4 is 0 Å². The molecule has 4 nitrogen and oxygen atoms in total. The van der Waals surface area contributed by atoms with E-state index >= 15 is 0 Å². The van der Waals surface area contributed by atoms with Crippen LogP contribution in [0, 0.1) is 0 Å². The van der Waals surface area contributed by atoms with Crippen molar-refractivity contribution in [1.29, 1.82) is 0 Å². The molecule has 0 amide bonds. The summed E-state index contributed by atoms with van der Waals surface area (Å²) in [6, 6.07) is 16.9. The molecule has 25 heavy (non-hydrogen) atoms. The number of nitrogens with zero attached hydrogens (tertiary/aromatic N) is 1. The van der Waals surface area contributed by atoms with Crippen LogP contribution in [0.2, 0.25) is 0 Å². The Labute approximate surface area is 150 Å². The van der Waals surface area contributed by atoms with Gasteiger partial charge >= 0.3 is 0 Å². The summed E-state index contributed by atoms with van der Waals surface area (Å²) < 4.78 is 5.82. The third kappa shape index (κ3) is 5.85. The van der Waals surface area contributed by atoms with Crippen LogP contribution in [0.15, 0.2) is 48.5 Å². The second-order valence-corrected chi connectivity index (χ2v) is 6.56. The number of aliphatic hydroxyl groups is 1. The summed E-state index contributed by atoms with van der Waals surface area (Å²) in [4.78, 5) is 2.50. The molecule has 0 aromatic heterocycles. The molecule has 4 heteroatoms. The Morgan fingerprint density at radius 3 is 2.12 bits per heavy atom. The van der Waals surface area contributed by atoms with Gasteiger partial charge in [0.05, 0.1) is 6.61 Å². The van der Waals surface area contributed by atoms with E-state index in [2.05, 4.69) is 34.5 Å². The summed E-state index contributed by atoms with van der Waals surface area (Å²) in [7, 11) is 0. The normalized spacial score (nSPS) is 15.2. The number of piperazine rings is 1. The molecule has 3 rings (SSSR count). The van der Waals surface area contributed by atoms with Gasteiger partial charge in [0, 0.05) is 45.8 Å². The van der Waals surface area contributed by atoms with Gasteiger partial charge in [-0.05, 0) is 35.2 Å². The zero-order chi connectivity index (χ0) is 17.3. The zero-order valence-corrected chi connectivity index (χ0v) is 14.8. The Hall–Kier alpha value is -1.88. The fourth-order valence-electron chi connectivity index (χ4n) is 3.11. The number of aliphatic hydroxyl groups excluding tert-OH is 1. The summed E-state index contributed by atoms with van der Waals surface area (Å²) in [5.74, 6) is 0.886. The molecule has 1 aliphatic heterocycles. The van der Waals surface area contributed by atoms with E-state index in [1.807, 2.05) is 24.3 Å². The Kier molecular flexibility index (Phi) is 6.86. The molecule has 0 saturated carbocycles. The van der Waals surface area contributed by atoms with Gasteiger partial charge in [-0.25, -0.2) is 0 Å². The van der Waals surface area contributed by atoms with E-state index in [0.717, 1.165) is 50.5 Å². The quantitative estimate of drug-likeness (QED) is 0.774. The average Bonchev–Trinajstić information content (AvgIpc) is 2.66. The lowest BCUT2D eigenvalue weighted by Gasteiger charge is -2.27. The second kappa shape index (κ2) is 9.56. The van der Waals surface area contributed by atoms with Crippen LogP contribution in [0.5, 0.6) is 5.75 Å². The summed E-state index contributed by atoms with van der Waals surface area (Å²) in [5, 5.41) is 12.3. The zero-order valence-electron chi connectivity index (χ0n) is 14.8. The molecule has 2 aromatic carbocycles. The number of hydrogen-bond acceptors (Lipinski definition) is 4. The van der Waals surface area contributed by atoms with Gasteiger partial charge in [0.15, 0.2) is 0 Å². The van der Waals surface area contributed by atoms with Crippen LogP contribution in [0.3, 0.4) is 0 Å². The van der Waals surface area contributed by atoms with Gasteiger partial charge in [-0.2, -0.15) is 0 Å². The molecule has 0 aliphatic carbocycles. The van der Waals surface area contributed by atoms with E-state index in [1.165, 1.54) is 11.1 Å². The molecule has 0 bridgehead atoms. The van der Waals surface area contributed by atoms with Crippen molar-refractivity contribution in [2.75, 3.05) is 39.4 Å². The van der Waals surface area contributed by atoms with E-state index < -0.39 is 0 Å². The van der Waals surface area contributed by atoms with Gasteiger partial charge in [0.25, 0.3) is 0 Å². The minimum Gasteiger partial charge on any atom is -0.493 e. The molecule has 0 unspecified atom stereocenters. The SMILES string of the molecule is OCCc1ccc(OCCc2ccc(CN3CCNCC3)cc2)cc1. The first-order valence-corrected chi connectivity index (χ1v) is 9.17. The maximum Gasteiger partial charge on any atom is 0.119 e. The summed E-state index contributed by atoms with van der Waals surface area (Å²) >= 11 is 0. The maximum atomic E-state index is 8.93. The molecule has 0 spiro atoms. The van der Waals surface area contributed by atoms with Crippen molar-refractivity contribution in [3.8, 4) is 5.75 Å². The summed E-state index contributed by atoms with van der Waals surface area (Å²) in [6.07, 6.45) is 1.60. The van der Waals surface area contributed by atoms with E-state index in [0.29, 0.717) is 13.0 Å². The van der Waals surface area contributed by atoms with Gasteiger partial charge < -0.3 is 15.2 Å². The predicted octanol–water partition coefficient (Wildman–Crippen LogP) is 2.25. The lowest BCUT2D eigenvalue weighted by molar-refractivity contribution is 0.233. The van der Waals surface area contributed by atoms with Crippen LogP contribution >= 0.6 is 0 Å². The molecule has 1 saturated heterocycles. The Balaban J connectivity index is 1.42.